The van der Waals surface area contributed by atoms with Crippen LogP contribution < -0.4 is 10.6 Å². The van der Waals surface area contributed by atoms with Crippen LogP contribution in [-0.2, 0) is 11.2 Å². The van der Waals surface area contributed by atoms with E-state index in [0.29, 0.717) is 6.10 Å². The number of benzene rings is 1. The van der Waals surface area contributed by atoms with Crippen molar-refractivity contribution in [2.45, 2.75) is 39.2 Å². The van der Waals surface area contributed by atoms with Crippen molar-refractivity contribution in [3.63, 3.8) is 0 Å². The number of para-hydroxylation sites is 1. The van der Waals surface area contributed by atoms with Crippen LogP contribution in [0, 0.1) is 6.92 Å². The molecule has 1 unspecified atom stereocenters. The van der Waals surface area contributed by atoms with E-state index in [0.717, 1.165) is 32.7 Å². The van der Waals surface area contributed by atoms with Gasteiger partial charge in [-0.2, -0.15) is 0 Å². The van der Waals surface area contributed by atoms with E-state index in [-0.39, 0.29) is 0 Å². The summed E-state index contributed by atoms with van der Waals surface area (Å²) in [6, 6.07) is 6.51. The molecule has 1 fully saturated rings. The predicted molar refractivity (Wildman–Crippen MR) is 80.9 cm³/mol. The molecule has 0 aromatic heterocycles. The first-order valence-electron chi connectivity index (χ1n) is 7.46. The molecular formula is C16H26N2O. The van der Waals surface area contributed by atoms with E-state index in [1.165, 1.54) is 29.7 Å². The number of rotatable bonds is 7. The molecule has 1 atom stereocenters. The Hall–Kier alpha value is -1.06. The molecule has 1 aromatic rings. The molecule has 0 saturated carbocycles. The fraction of sp³-hybridized carbons (Fsp3) is 0.625. The van der Waals surface area contributed by atoms with Gasteiger partial charge in [-0.15, -0.1) is 0 Å². The molecule has 19 heavy (non-hydrogen) atoms. The maximum atomic E-state index is 5.59. The summed E-state index contributed by atoms with van der Waals surface area (Å²) in [6.45, 7) is 8.24. The standard InChI is InChI=1S/C16H26N2O/c1-3-14-7-4-6-13(2)16(14)18-10-9-17-12-15-8-5-11-19-15/h4,6-7,15,17-18H,3,5,8-12H2,1-2H3. The van der Waals surface area contributed by atoms with Gasteiger partial charge in [-0.25, -0.2) is 0 Å². The molecule has 3 nitrogen and oxygen atoms in total. The zero-order valence-electron chi connectivity index (χ0n) is 12.2. The average Bonchev–Trinajstić information content (AvgIpc) is 2.93. The van der Waals surface area contributed by atoms with Crippen LogP contribution in [0.4, 0.5) is 5.69 Å². The highest BCUT2D eigenvalue weighted by Gasteiger charge is 2.14. The maximum absolute atomic E-state index is 5.59. The third-order valence-electron chi connectivity index (χ3n) is 3.74. The minimum atomic E-state index is 0.435. The largest absolute Gasteiger partial charge is 0.383 e. The summed E-state index contributed by atoms with van der Waals surface area (Å²) < 4.78 is 5.59. The Morgan fingerprint density at radius 2 is 2.21 bits per heavy atom. The Kier molecular flexibility index (Phi) is 5.67. The maximum Gasteiger partial charge on any atom is 0.0700 e. The summed E-state index contributed by atoms with van der Waals surface area (Å²) in [5, 5.41) is 7.02. The van der Waals surface area contributed by atoms with Crippen LogP contribution in [0.2, 0.25) is 0 Å². The zero-order chi connectivity index (χ0) is 13.5. The van der Waals surface area contributed by atoms with E-state index < -0.39 is 0 Å². The van der Waals surface area contributed by atoms with Crippen LogP contribution in [0.15, 0.2) is 18.2 Å². The molecule has 0 bridgehead atoms. The lowest BCUT2D eigenvalue weighted by Gasteiger charge is -2.15. The lowest BCUT2D eigenvalue weighted by atomic mass is 10.1. The highest BCUT2D eigenvalue weighted by molar-refractivity contribution is 5.57. The van der Waals surface area contributed by atoms with Crippen LogP contribution in [0.5, 0.6) is 0 Å². The second kappa shape index (κ2) is 7.51. The molecule has 1 aliphatic heterocycles. The number of hydrogen-bond acceptors (Lipinski definition) is 3. The van der Waals surface area contributed by atoms with Gasteiger partial charge in [-0.1, -0.05) is 25.1 Å². The van der Waals surface area contributed by atoms with Crippen molar-refractivity contribution in [1.82, 2.24) is 5.32 Å². The summed E-state index contributed by atoms with van der Waals surface area (Å²) >= 11 is 0. The van der Waals surface area contributed by atoms with Gasteiger partial charge in [0.2, 0.25) is 0 Å². The number of nitrogens with one attached hydrogen (secondary N) is 2. The predicted octanol–water partition coefficient (Wildman–Crippen LogP) is 2.74. The Balaban J connectivity index is 1.70. The molecule has 106 valence electrons. The van der Waals surface area contributed by atoms with Crippen molar-refractivity contribution in [3.05, 3.63) is 29.3 Å². The third kappa shape index (κ3) is 4.22. The van der Waals surface area contributed by atoms with E-state index in [4.69, 9.17) is 4.74 Å². The molecule has 1 heterocycles. The van der Waals surface area contributed by atoms with Crippen molar-refractivity contribution in [1.29, 1.82) is 0 Å². The van der Waals surface area contributed by atoms with Gasteiger partial charge >= 0.3 is 0 Å². The summed E-state index contributed by atoms with van der Waals surface area (Å²) in [4.78, 5) is 0. The van der Waals surface area contributed by atoms with Crippen molar-refractivity contribution >= 4 is 5.69 Å². The minimum absolute atomic E-state index is 0.435. The van der Waals surface area contributed by atoms with Gasteiger partial charge in [0.05, 0.1) is 6.10 Å². The van der Waals surface area contributed by atoms with E-state index in [1.54, 1.807) is 0 Å². The smallest absolute Gasteiger partial charge is 0.0700 e. The lowest BCUT2D eigenvalue weighted by Crippen LogP contribution is -2.30. The molecule has 0 spiro atoms. The average molecular weight is 262 g/mol. The van der Waals surface area contributed by atoms with Gasteiger partial charge in [-0.3, -0.25) is 0 Å². The summed E-state index contributed by atoms with van der Waals surface area (Å²) in [5.74, 6) is 0. The SMILES string of the molecule is CCc1cccc(C)c1NCCNCC1CCCO1. The molecule has 2 N–H and O–H groups in total. The van der Waals surface area contributed by atoms with Crippen molar-refractivity contribution < 1.29 is 4.74 Å². The zero-order valence-corrected chi connectivity index (χ0v) is 12.2. The van der Waals surface area contributed by atoms with E-state index >= 15 is 0 Å². The van der Waals surface area contributed by atoms with Crippen LogP contribution >= 0.6 is 0 Å². The molecule has 1 saturated heterocycles. The summed E-state index contributed by atoms with van der Waals surface area (Å²) in [5.41, 5.74) is 4.04. The number of anilines is 1. The molecule has 0 aliphatic carbocycles. The van der Waals surface area contributed by atoms with Crippen molar-refractivity contribution in [3.8, 4) is 0 Å². The van der Waals surface area contributed by atoms with Crippen LogP contribution in [-0.4, -0.2) is 32.3 Å². The van der Waals surface area contributed by atoms with Gasteiger partial charge < -0.3 is 15.4 Å². The molecule has 1 aliphatic rings. The number of ether oxygens (including phenoxy) is 1. The highest BCUT2D eigenvalue weighted by atomic mass is 16.5. The summed E-state index contributed by atoms with van der Waals surface area (Å²) in [6.07, 6.45) is 3.93. The molecule has 2 rings (SSSR count). The Labute approximate surface area is 116 Å². The first-order valence-corrected chi connectivity index (χ1v) is 7.46. The van der Waals surface area contributed by atoms with Gasteiger partial charge in [0, 0.05) is 31.9 Å². The Bertz CT molecular complexity index is 386. The second-order valence-electron chi connectivity index (χ2n) is 5.23. The molecule has 1 aromatic carbocycles. The highest BCUT2D eigenvalue weighted by Crippen LogP contribution is 2.20. The molecular weight excluding hydrogens is 236 g/mol. The van der Waals surface area contributed by atoms with E-state index in [9.17, 15) is 0 Å². The minimum Gasteiger partial charge on any atom is -0.383 e. The van der Waals surface area contributed by atoms with Gasteiger partial charge in [0.25, 0.3) is 0 Å². The molecule has 0 radical (unpaired) electrons. The van der Waals surface area contributed by atoms with Gasteiger partial charge in [0.1, 0.15) is 0 Å². The normalized spacial score (nSPS) is 18.7. The van der Waals surface area contributed by atoms with E-state index in [1.807, 2.05) is 0 Å². The fourth-order valence-electron chi connectivity index (χ4n) is 2.62. The van der Waals surface area contributed by atoms with Gasteiger partial charge in [-0.05, 0) is 37.3 Å². The molecule has 0 amide bonds. The third-order valence-corrected chi connectivity index (χ3v) is 3.74. The quantitative estimate of drug-likeness (QED) is 0.741. The first kappa shape index (κ1) is 14.4. The Morgan fingerprint density at radius 3 is 2.95 bits per heavy atom. The van der Waals surface area contributed by atoms with Gasteiger partial charge in [0.15, 0.2) is 0 Å². The number of aryl methyl sites for hydroxylation is 2. The second-order valence-corrected chi connectivity index (χ2v) is 5.23. The Morgan fingerprint density at radius 1 is 1.32 bits per heavy atom. The van der Waals surface area contributed by atoms with Crippen LogP contribution in [0.25, 0.3) is 0 Å². The molecule has 3 heteroatoms. The van der Waals surface area contributed by atoms with Crippen molar-refractivity contribution in [2.24, 2.45) is 0 Å². The monoisotopic (exact) mass is 262 g/mol. The van der Waals surface area contributed by atoms with Crippen molar-refractivity contribution in [2.75, 3.05) is 31.6 Å². The van der Waals surface area contributed by atoms with Crippen LogP contribution in [0.1, 0.15) is 30.9 Å². The first-order chi connectivity index (χ1) is 9.31. The fourth-order valence-corrected chi connectivity index (χ4v) is 2.62. The number of hydrogen-bond donors (Lipinski definition) is 2. The summed E-state index contributed by atoms with van der Waals surface area (Å²) in [7, 11) is 0. The van der Waals surface area contributed by atoms with Crippen LogP contribution in [0.3, 0.4) is 0 Å². The van der Waals surface area contributed by atoms with E-state index in [2.05, 4.69) is 42.7 Å². The topological polar surface area (TPSA) is 33.3 Å². The lowest BCUT2D eigenvalue weighted by molar-refractivity contribution is 0.110.